The van der Waals surface area contributed by atoms with Crippen molar-refractivity contribution in [1.29, 1.82) is 0 Å². The Morgan fingerprint density at radius 3 is 2.79 bits per heavy atom. The van der Waals surface area contributed by atoms with Crippen LogP contribution in [0.4, 0.5) is 10.6 Å². The summed E-state index contributed by atoms with van der Waals surface area (Å²) in [4.78, 5) is 24.9. The normalized spacial score (nSPS) is 30.2. The number of alkyl carbamates (subject to hydrolysis) is 1. The van der Waals surface area contributed by atoms with Crippen LogP contribution in [0, 0.1) is 0 Å². The van der Waals surface area contributed by atoms with Gasteiger partial charge in [0.1, 0.15) is 24.9 Å². The number of carbonyl (C=O) groups is 1. The van der Waals surface area contributed by atoms with Gasteiger partial charge in [-0.25, -0.2) is 9.78 Å². The van der Waals surface area contributed by atoms with Gasteiger partial charge in [0.15, 0.2) is 23.2 Å². The smallest absolute Gasteiger partial charge is 0.407 e. The minimum absolute atomic E-state index is 0.00201. The van der Waals surface area contributed by atoms with Crippen molar-refractivity contribution in [1.82, 2.24) is 24.8 Å². The van der Waals surface area contributed by atoms with Crippen molar-refractivity contribution in [2.24, 2.45) is 0 Å². The van der Waals surface area contributed by atoms with E-state index in [1.54, 1.807) is 0 Å². The highest BCUT2D eigenvalue weighted by Crippen LogP contribution is 2.33. The molecule has 4 heterocycles. The summed E-state index contributed by atoms with van der Waals surface area (Å²) < 4.78 is 18.0. The van der Waals surface area contributed by atoms with Gasteiger partial charge in [0.05, 0.1) is 19.0 Å². The second-order valence-electron chi connectivity index (χ2n) is 8.64. The molecule has 2 aliphatic heterocycles. The van der Waals surface area contributed by atoms with Crippen LogP contribution in [-0.2, 0) is 14.2 Å². The van der Waals surface area contributed by atoms with Crippen molar-refractivity contribution in [3.8, 4) is 0 Å². The van der Waals surface area contributed by atoms with Gasteiger partial charge < -0.3 is 35.1 Å². The van der Waals surface area contributed by atoms with Crippen LogP contribution >= 0.6 is 11.6 Å². The second kappa shape index (κ2) is 9.55. The highest BCUT2D eigenvalue weighted by molar-refractivity contribution is 6.28. The Balaban J connectivity index is 1.28. The zero-order valence-electron chi connectivity index (χ0n) is 17.9. The largest absolute Gasteiger partial charge is 0.447 e. The maximum atomic E-state index is 12.1. The van der Waals surface area contributed by atoms with Gasteiger partial charge in [-0.15, -0.1) is 0 Å². The van der Waals surface area contributed by atoms with Crippen LogP contribution < -0.4 is 10.6 Å². The molecule has 0 spiro atoms. The molecule has 2 unspecified atom stereocenters. The number of aromatic nitrogens is 4. The number of aliphatic hydroxyl groups excluding tert-OH is 2. The number of ether oxygens (including phenoxy) is 3. The summed E-state index contributed by atoms with van der Waals surface area (Å²) in [6.07, 6.45) is 1.28. The fourth-order valence-corrected chi connectivity index (χ4v) is 4.72. The predicted octanol–water partition coefficient (Wildman–Crippen LogP) is 0.968. The van der Waals surface area contributed by atoms with E-state index in [2.05, 4.69) is 25.6 Å². The summed E-state index contributed by atoms with van der Waals surface area (Å²) in [5.74, 6) is 0.454. The molecule has 3 fully saturated rings. The molecular formula is C20H27ClN6O6. The number of carbonyl (C=O) groups excluding carboxylic acids is 1. The fraction of sp³-hybridized carbons (Fsp3) is 0.700. The SMILES string of the molecule is O=C(NC1CCCC1)OC[C@H]1OC(n2cnc3c(NC4CCOC4)nc(Cl)nc32)[C@H](O)[C@@H]1O. The van der Waals surface area contributed by atoms with Gasteiger partial charge in [-0.2, -0.15) is 9.97 Å². The number of nitrogens with zero attached hydrogens (tertiary/aromatic N) is 4. The van der Waals surface area contributed by atoms with Gasteiger partial charge in [0.25, 0.3) is 0 Å². The van der Waals surface area contributed by atoms with E-state index in [9.17, 15) is 15.0 Å². The van der Waals surface area contributed by atoms with E-state index >= 15 is 0 Å². The molecule has 0 radical (unpaired) electrons. The average molecular weight is 483 g/mol. The third kappa shape index (κ3) is 4.71. The summed E-state index contributed by atoms with van der Waals surface area (Å²) in [7, 11) is 0. The van der Waals surface area contributed by atoms with Crippen molar-refractivity contribution in [2.75, 3.05) is 25.1 Å². The molecule has 3 aliphatic rings. The van der Waals surface area contributed by atoms with Crippen LogP contribution in [-0.4, -0.2) is 86.0 Å². The number of anilines is 1. The Morgan fingerprint density at radius 1 is 1.21 bits per heavy atom. The molecule has 12 nitrogen and oxygen atoms in total. The Hall–Kier alpha value is -2.25. The second-order valence-corrected chi connectivity index (χ2v) is 8.98. The average Bonchev–Trinajstić information content (AvgIpc) is 3.58. The first-order chi connectivity index (χ1) is 16.0. The fourth-order valence-electron chi connectivity index (χ4n) is 4.55. The van der Waals surface area contributed by atoms with Gasteiger partial charge in [0.2, 0.25) is 5.28 Å². The van der Waals surface area contributed by atoms with Crippen molar-refractivity contribution in [3.05, 3.63) is 11.6 Å². The zero-order chi connectivity index (χ0) is 22.9. The molecule has 2 aromatic heterocycles. The van der Waals surface area contributed by atoms with Crippen molar-refractivity contribution < 1.29 is 29.2 Å². The lowest BCUT2D eigenvalue weighted by molar-refractivity contribution is -0.0534. The van der Waals surface area contributed by atoms with E-state index in [4.69, 9.17) is 25.8 Å². The molecule has 1 saturated carbocycles. The molecule has 13 heteroatoms. The molecular weight excluding hydrogens is 456 g/mol. The molecule has 1 amide bonds. The van der Waals surface area contributed by atoms with Gasteiger partial charge >= 0.3 is 6.09 Å². The van der Waals surface area contributed by atoms with Gasteiger partial charge in [-0.3, -0.25) is 4.57 Å². The van der Waals surface area contributed by atoms with Crippen LogP contribution in [0.3, 0.4) is 0 Å². The maximum Gasteiger partial charge on any atom is 0.407 e. The lowest BCUT2D eigenvalue weighted by atomic mass is 10.1. The zero-order valence-corrected chi connectivity index (χ0v) is 18.6. The Bertz CT molecular complexity index is 995. The monoisotopic (exact) mass is 482 g/mol. The number of hydrogen-bond acceptors (Lipinski definition) is 10. The first-order valence-electron chi connectivity index (χ1n) is 11.2. The highest BCUT2D eigenvalue weighted by atomic mass is 35.5. The van der Waals surface area contributed by atoms with Crippen molar-refractivity contribution >= 4 is 34.7 Å². The van der Waals surface area contributed by atoms with E-state index in [1.807, 2.05) is 0 Å². The van der Waals surface area contributed by atoms with E-state index < -0.39 is 30.6 Å². The number of halogens is 1. The number of aliphatic hydroxyl groups is 2. The quantitative estimate of drug-likeness (QED) is 0.438. The highest BCUT2D eigenvalue weighted by Gasteiger charge is 2.45. The van der Waals surface area contributed by atoms with Crippen LogP contribution in [0.25, 0.3) is 11.2 Å². The minimum Gasteiger partial charge on any atom is -0.447 e. The lowest BCUT2D eigenvalue weighted by Crippen LogP contribution is -2.38. The van der Waals surface area contributed by atoms with Crippen LogP contribution in [0.2, 0.25) is 5.28 Å². The van der Waals surface area contributed by atoms with Gasteiger partial charge in [0, 0.05) is 12.6 Å². The molecule has 0 aromatic carbocycles. The molecule has 2 aromatic rings. The molecule has 33 heavy (non-hydrogen) atoms. The van der Waals surface area contributed by atoms with Crippen molar-refractivity contribution in [3.63, 3.8) is 0 Å². The predicted molar refractivity (Wildman–Crippen MR) is 116 cm³/mol. The number of nitrogens with one attached hydrogen (secondary N) is 2. The molecule has 1 aliphatic carbocycles. The standard InChI is InChI=1S/C20H27ClN6O6/c21-19-25-16(23-11-5-6-31-7-11)13-17(26-19)27(9-22-13)18-15(29)14(28)12(33-18)8-32-20(30)24-10-3-1-2-4-10/h9-12,14-15,18,28-29H,1-8H2,(H,24,30)(H,23,25,26)/t11?,12-,14-,15-,18?/m1/s1. The van der Waals surface area contributed by atoms with Crippen molar-refractivity contribution in [2.45, 2.75) is 68.7 Å². The topological polar surface area (TPSA) is 153 Å². The number of hydrogen-bond donors (Lipinski definition) is 4. The lowest BCUT2D eigenvalue weighted by Gasteiger charge is -2.17. The first-order valence-corrected chi connectivity index (χ1v) is 11.6. The Labute approximate surface area is 194 Å². The van der Waals surface area contributed by atoms with E-state index in [1.165, 1.54) is 10.9 Å². The summed E-state index contributed by atoms with van der Waals surface area (Å²) >= 11 is 6.14. The molecule has 5 atom stereocenters. The maximum absolute atomic E-state index is 12.1. The summed E-state index contributed by atoms with van der Waals surface area (Å²) in [5, 5.41) is 27.2. The molecule has 4 N–H and O–H groups in total. The molecule has 5 rings (SSSR count). The molecule has 2 saturated heterocycles. The number of amides is 1. The number of fused-ring (bicyclic) bond motifs is 1. The van der Waals surface area contributed by atoms with Crippen LogP contribution in [0.1, 0.15) is 38.3 Å². The van der Waals surface area contributed by atoms with E-state index in [-0.39, 0.29) is 24.0 Å². The summed E-state index contributed by atoms with van der Waals surface area (Å²) in [6.45, 7) is 1.01. The Morgan fingerprint density at radius 2 is 2.03 bits per heavy atom. The third-order valence-electron chi connectivity index (χ3n) is 6.33. The Kier molecular flexibility index (Phi) is 6.52. The van der Waals surface area contributed by atoms with E-state index in [0.29, 0.717) is 30.2 Å². The number of imidazole rings is 1. The van der Waals surface area contributed by atoms with Gasteiger partial charge in [-0.05, 0) is 30.9 Å². The summed E-state index contributed by atoms with van der Waals surface area (Å²) in [6, 6.07) is 0.196. The van der Waals surface area contributed by atoms with E-state index in [0.717, 1.165) is 32.1 Å². The molecule has 0 bridgehead atoms. The number of rotatable bonds is 6. The van der Waals surface area contributed by atoms with Gasteiger partial charge in [-0.1, -0.05) is 12.8 Å². The molecule has 180 valence electrons. The van der Waals surface area contributed by atoms with Crippen LogP contribution in [0.15, 0.2) is 6.33 Å². The summed E-state index contributed by atoms with van der Waals surface area (Å²) in [5.41, 5.74) is 0.792. The van der Waals surface area contributed by atoms with Crippen LogP contribution in [0.5, 0.6) is 0 Å². The first kappa shape index (κ1) is 22.5. The third-order valence-corrected chi connectivity index (χ3v) is 6.50. The minimum atomic E-state index is -1.29.